The molecule has 1 fully saturated rings. The van der Waals surface area contributed by atoms with E-state index >= 15 is 0 Å². The molecule has 33 heavy (non-hydrogen) atoms. The van der Waals surface area contributed by atoms with Crippen LogP contribution >= 0.6 is 0 Å². The van der Waals surface area contributed by atoms with Crippen molar-refractivity contribution in [1.82, 2.24) is 14.9 Å². The summed E-state index contributed by atoms with van der Waals surface area (Å²) in [5.41, 5.74) is 0.275. The molecule has 2 heterocycles. The number of aryl methyl sites for hydroxylation is 1. The first kappa shape index (κ1) is 21.9. The Morgan fingerprint density at radius 2 is 1.85 bits per heavy atom. The minimum absolute atomic E-state index is 0.154. The predicted octanol–water partition coefficient (Wildman–Crippen LogP) is 3.51. The highest BCUT2D eigenvalue weighted by atomic mass is 19.1. The summed E-state index contributed by atoms with van der Waals surface area (Å²) in [6.07, 6.45) is 4.33. The summed E-state index contributed by atoms with van der Waals surface area (Å²) in [5.74, 6) is -1.86. The SMILES string of the molecule is O=C1C(=O)N(CCCc2ncc[nH]2)C(c2ccc(F)cc2)/C1=C(\O)c1ccc([N+](=O)[O-])cc1. The number of benzene rings is 2. The van der Waals surface area contributed by atoms with Gasteiger partial charge in [-0.15, -0.1) is 0 Å². The number of halogens is 1. The number of amides is 1. The van der Waals surface area contributed by atoms with Crippen LogP contribution in [-0.2, 0) is 16.0 Å². The van der Waals surface area contributed by atoms with Crippen LogP contribution in [0.3, 0.4) is 0 Å². The van der Waals surface area contributed by atoms with Crippen molar-refractivity contribution in [3.8, 4) is 0 Å². The first-order valence-electron chi connectivity index (χ1n) is 10.1. The molecule has 4 rings (SSSR count). The number of hydrogen-bond acceptors (Lipinski definition) is 6. The third kappa shape index (κ3) is 4.36. The van der Waals surface area contributed by atoms with Crippen molar-refractivity contribution in [1.29, 1.82) is 0 Å². The van der Waals surface area contributed by atoms with Gasteiger partial charge in [0.25, 0.3) is 17.4 Å². The summed E-state index contributed by atoms with van der Waals surface area (Å²) < 4.78 is 13.5. The quantitative estimate of drug-likeness (QED) is 0.186. The number of nitrogens with zero attached hydrogens (tertiary/aromatic N) is 3. The predicted molar refractivity (Wildman–Crippen MR) is 115 cm³/mol. The Balaban J connectivity index is 1.72. The Labute approximate surface area is 187 Å². The summed E-state index contributed by atoms with van der Waals surface area (Å²) in [4.78, 5) is 44.6. The number of imidazole rings is 1. The van der Waals surface area contributed by atoms with Crippen molar-refractivity contribution in [2.24, 2.45) is 0 Å². The Morgan fingerprint density at radius 1 is 1.15 bits per heavy atom. The van der Waals surface area contributed by atoms with Gasteiger partial charge in [0, 0.05) is 43.1 Å². The molecular weight excluding hydrogens is 431 g/mol. The summed E-state index contributed by atoms with van der Waals surface area (Å²) in [5, 5.41) is 21.9. The average Bonchev–Trinajstić information content (AvgIpc) is 3.41. The van der Waals surface area contributed by atoms with Crippen molar-refractivity contribution in [2.75, 3.05) is 6.54 Å². The summed E-state index contributed by atoms with van der Waals surface area (Å²) >= 11 is 0. The number of nitro groups is 1. The van der Waals surface area contributed by atoms with Crippen LogP contribution in [0.5, 0.6) is 0 Å². The zero-order valence-corrected chi connectivity index (χ0v) is 17.3. The molecule has 10 heteroatoms. The first-order valence-corrected chi connectivity index (χ1v) is 10.1. The molecule has 0 saturated carbocycles. The van der Waals surface area contributed by atoms with E-state index in [0.717, 1.165) is 5.82 Å². The highest BCUT2D eigenvalue weighted by Crippen LogP contribution is 2.39. The highest BCUT2D eigenvalue weighted by molar-refractivity contribution is 6.46. The van der Waals surface area contributed by atoms with Crippen molar-refractivity contribution in [2.45, 2.75) is 18.9 Å². The van der Waals surface area contributed by atoms with Crippen LogP contribution in [0, 0.1) is 15.9 Å². The molecule has 1 aliphatic heterocycles. The molecule has 1 saturated heterocycles. The number of ketones is 1. The van der Waals surface area contributed by atoms with Crippen LogP contribution in [0.1, 0.15) is 29.4 Å². The van der Waals surface area contributed by atoms with Crippen LogP contribution < -0.4 is 0 Å². The number of H-pyrrole nitrogens is 1. The van der Waals surface area contributed by atoms with Gasteiger partial charge in [-0.3, -0.25) is 19.7 Å². The monoisotopic (exact) mass is 450 g/mol. The lowest BCUT2D eigenvalue weighted by Gasteiger charge is -2.25. The molecule has 1 unspecified atom stereocenters. The molecule has 1 aliphatic rings. The highest BCUT2D eigenvalue weighted by Gasteiger charge is 2.45. The Morgan fingerprint density at radius 3 is 2.45 bits per heavy atom. The number of non-ortho nitro benzene ring substituents is 1. The number of likely N-dealkylation sites (tertiary alicyclic amines) is 1. The zero-order valence-electron chi connectivity index (χ0n) is 17.3. The number of aliphatic hydroxyl groups excluding tert-OH is 1. The van der Waals surface area contributed by atoms with Gasteiger partial charge in [0.05, 0.1) is 16.5 Å². The molecule has 0 radical (unpaired) electrons. The second-order valence-electron chi connectivity index (χ2n) is 7.49. The van der Waals surface area contributed by atoms with Gasteiger partial charge < -0.3 is 15.0 Å². The van der Waals surface area contributed by atoms with Gasteiger partial charge in [-0.1, -0.05) is 12.1 Å². The van der Waals surface area contributed by atoms with E-state index in [1.54, 1.807) is 12.4 Å². The summed E-state index contributed by atoms with van der Waals surface area (Å²) in [7, 11) is 0. The summed E-state index contributed by atoms with van der Waals surface area (Å²) in [6, 6.07) is 9.40. The Hall–Kier alpha value is -4.34. The number of nitro benzene ring substituents is 1. The number of nitrogens with one attached hydrogen (secondary N) is 1. The number of carbonyl (C=O) groups is 2. The molecule has 2 N–H and O–H groups in total. The number of carbonyl (C=O) groups excluding carboxylic acids is 2. The van der Waals surface area contributed by atoms with E-state index in [2.05, 4.69) is 9.97 Å². The Bertz CT molecular complexity index is 1220. The van der Waals surface area contributed by atoms with Crippen molar-refractivity contribution < 1.29 is 24.0 Å². The van der Waals surface area contributed by atoms with Gasteiger partial charge in [-0.2, -0.15) is 0 Å². The van der Waals surface area contributed by atoms with Crippen LogP contribution in [0.25, 0.3) is 5.76 Å². The average molecular weight is 450 g/mol. The molecule has 9 nitrogen and oxygen atoms in total. The minimum Gasteiger partial charge on any atom is -0.507 e. The van der Waals surface area contributed by atoms with Gasteiger partial charge in [0.1, 0.15) is 17.4 Å². The van der Waals surface area contributed by atoms with E-state index < -0.39 is 34.2 Å². The van der Waals surface area contributed by atoms with E-state index in [1.165, 1.54) is 53.4 Å². The third-order valence-electron chi connectivity index (χ3n) is 5.44. The molecule has 1 aromatic heterocycles. The minimum atomic E-state index is -0.933. The van der Waals surface area contributed by atoms with Crippen LogP contribution in [0.4, 0.5) is 10.1 Å². The fraction of sp³-hybridized carbons (Fsp3) is 0.174. The maximum atomic E-state index is 13.5. The lowest BCUT2D eigenvalue weighted by Crippen LogP contribution is -2.31. The second-order valence-corrected chi connectivity index (χ2v) is 7.49. The van der Waals surface area contributed by atoms with E-state index in [1.807, 2.05) is 0 Å². The standard InChI is InChI=1S/C23H19FN4O5/c24-16-7-3-14(4-8-16)20-19(21(29)15-5-9-17(10-6-15)28(32)33)22(30)23(31)27(20)13-1-2-18-25-11-12-26-18/h3-12,20,29H,1-2,13H2,(H,25,26)/b21-19+. The number of hydrogen-bond donors (Lipinski definition) is 2. The topological polar surface area (TPSA) is 129 Å². The second kappa shape index (κ2) is 9.03. The van der Waals surface area contributed by atoms with E-state index in [-0.39, 0.29) is 23.4 Å². The van der Waals surface area contributed by atoms with Gasteiger partial charge in [0.15, 0.2) is 0 Å². The fourth-order valence-corrected chi connectivity index (χ4v) is 3.85. The fourth-order valence-electron chi connectivity index (χ4n) is 3.85. The van der Waals surface area contributed by atoms with Gasteiger partial charge in [-0.25, -0.2) is 9.37 Å². The van der Waals surface area contributed by atoms with Crippen molar-refractivity contribution in [3.63, 3.8) is 0 Å². The molecule has 1 amide bonds. The number of rotatable bonds is 7. The van der Waals surface area contributed by atoms with Gasteiger partial charge in [-0.05, 0) is 36.2 Å². The van der Waals surface area contributed by atoms with Crippen LogP contribution in [0.15, 0.2) is 66.5 Å². The molecule has 0 bridgehead atoms. The van der Waals surface area contributed by atoms with Crippen LogP contribution in [0.2, 0.25) is 0 Å². The van der Waals surface area contributed by atoms with Crippen LogP contribution in [-0.4, -0.2) is 43.1 Å². The van der Waals surface area contributed by atoms with E-state index in [9.17, 15) is 29.2 Å². The first-order chi connectivity index (χ1) is 15.9. The maximum Gasteiger partial charge on any atom is 0.295 e. The molecule has 2 aromatic carbocycles. The normalized spacial score (nSPS) is 17.5. The van der Waals surface area contributed by atoms with Gasteiger partial charge >= 0.3 is 0 Å². The smallest absolute Gasteiger partial charge is 0.295 e. The molecule has 3 aromatic rings. The molecule has 0 aliphatic carbocycles. The van der Waals surface area contributed by atoms with Gasteiger partial charge in [0.2, 0.25) is 0 Å². The number of Topliss-reactive ketones (excluding diaryl/α,β-unsaturated/α-hetero) is 1. The Kier molecular flexibility index (Phi) is 5.99. The van der Waals surface area contributed by atoms with E-state index in [4.69, 9.17) is 0 Å². The summed E-state index contributed by atoms with van der Waals surface area (Å²) in [6.45, 7) is 0.199. The molecule has 0 spiro atoms. The lowest BCUT2D eigenvalue weighted by atomic mass is 9.95. The maximum absolute atomic E-state index is 13.5. The number of aliphatic hydroxyl groups is 1. The molecule has 1 atom stereocenters. The lowest BCUT2D eigenvalue weighted by molar-refractivity contribution is -0.384. The largest absolute Gasteiger partial charge is 0.507 e. The molecule has 168 valence electrons. The zero-order chi connectivity index (χ0) is 23.5. The number of aromatic nitrogens is 2. The molecular formula is C23H19FN4O5. The number of aromatic amines is 1. The third-order valence-corrected chi connectivity index (χ3v) is 5.44. The van der Waals surface area contributed by atoms with E-state index in [0.29, 0.717) is 18.4 Å². The van der Waals surface area contributed by atoms with Crippen molar-refractivity contribution in [3.05, 3.63) is 99.4 Å². The van der Waals surface area contributed by atoms with Crippen molar-refractivity contribution >= 4 is 23.1 Å².